The topological polar surface area (TPSA) is 100.0 Å². The smallest absolute Gasteiger partial charge is 0.418 e. The summed E-state index contributed by atoms with van der Waals surface area (Å²) in [5.74, 6) is 0.584. The van der Waals surface area contributed by atoms with Gasteiger partial charge in [0.05, 0.1) is 22.8 Å². The number of nitrogens with two attached hydrogens (primary N) is 1. The monoisotopic (exact) mass is 413 g/mol. The predicted octanol–water partition coefficient (Wildman–Crippen LogP) is 4.36. The Balaban J connectivity index is 1.84. The molecule has 0 aromatic heterocycles. The Morgan fingerprint density at radius 1 is 1.32 bits per heavy atom. The number of nitro groups is 1. The second-order valence-electron chi connectivity index (χ2n) is 5.71. The van der Waals surface area contributed by atoms with Crippen molar-refractivity contribution in [3.05, 3.63) is 63.2 Å². The van der Waals surface area contributed by atoms with Gasteiger partial charge < -0.3 is 15.2 Å². The molecular weight excluding hydrogens is 399 g/mol. The van der Waals surface area contributed by atoms with Crippen LogP contribution in [0.5, 0.6) is 5.75 Å². The molecule has 0 radical (unpaired) electrons. The van der Waals surface area contributed by atoms with Crippen LogP contribution in [0.4, 0.5) is 24.5 Å². The number of aliphatic imine (C=N–C) groups is 1. The summed E-state index contributed by atoms with van der Waals surface area (Å²) in [4.78, 5) is 14.4. The number of non-ortho nitro benzene ring substituents is 1. The summed E-state index contributed by atoms with van der Waals surface area (Å²) in [7, 11) is 0. The Morgan fingerprint density at radius 3 is 2.79 bits per heavy atom. The Labute approximate surface area is 161 Å². The van der Waals surface area contributed by atoms with Crippen molar-refractivity contribution in [3.8, 4) is 5.75 Å². The summed E-state index contributed by atoms with van der Waals surface area (Å²) in [6.45, 7) is 0.169. The molecule has 0 amide bonds. The van der Waals surface area contributed by atoms with Crippen LogP contribution in [-0.2, 0) is 23.3 Å². The fourth-order valence-electron chi connectivity index (χ4n) is 2.61. The number of nitrogens with zero attached hydrogens (tertiary/aromatic N) is 2. The van der Waals surface area contributed by atoms with Crippen LogP contribution >= 0.6 is 11.8 Å². The van der Waals surface area contributed by atoms with Gasteiger partial charge in [-0.1, -0.05) is 23.9 Å². The van der Waals surface area contributed by atoms with E-state index in [0.29, 0.717) is 16.9 Å². The molecule has 3 rings (SSSR count). The molecule has 7 nitrogen and oxygen atoms in total. The Hall–Kier alpha value is -2.79. The van der Waals surface area contributed by atoms with Crippen molar-refractivity contribution in [1.29, 1.82) is 0 Å². The molecule has 148 valence electrons. The first-order chi connectivity index (χ1) is 13.3. The minimum Gasteiger partial charge on any atom is -0.467 e. The highest BCUT2D eigenvalue weighted by molar-refractivity contribution is 8.13. The molecule has 0 saturated carbocycles. The van der Waals surface area contributed by atoms with E-state index in [2.05, 4.69) is 4.99 Å². The first kappa shape index (κ1) is 20.0. The molecule has 0 bridgehead atoms. The average Bonchev–Trinajstić information content (AvgIpc) is 2.65. The number of hydrogen-bond acceptors (Lipinski definition) is 6. The molecule has 0 unspecified atom stereocenters. The number of alkyl halides is 3. The first-order valence-corrected chi connectivity index (χ1v) is 8.88. The van der Waals surface area contributed by atoms with Crippen LogP contribution in [-0.4, -0.2) is 16.9 Å². The van der Waals surface area contributed by atoms with E-state index < -0.39 is 16.7 Å². The van der Waals surface area contributed by atoms with Crippen LogP contribution in [0.2, 0.25) is 0 Å². The van der Waals surface area contributed by atoms with Gasteiger partial charge in [0.25, 0.3) is 5.69 Å². The second-order valence-corrected chi connectivity index (χ2v) is 6.71. The fraction of sp³-hybridized carbons (Fsp3) is 0.235. The van der Waals surface area contributed by atoms with E-state index in [1.807, 2.05) is 0 Å². The van der Waals surface area contributed by atoms with Crippen molar-refractivity contribution < 1.29 is 27.6 Å². The van der Waals surface area contributed by atoms with Crippen molar-refractivity contribution in [2.24, 2.45) is 10.7 Å². The minimum atomic E-state index is -4.56. The summed E-state index contributed by atoms with van der Waals surface area (Å²) >= 11 is 0.954. The summed E-state index contributed by atoms with van der Waals surface area (Å²) in [5, 5.41) is 11.0. The maximum Gasteiger partial charge on any atom is 0.418 e. The van der Waals surface area contributed by atoms with Crippen molar-refractivity contribution in [2.45, 2.75) is 18.5 Å². The predicted molar refractivity (Wildman–Crippen MR) is 97.4 cm³/mol. The number of amidine groups is 1. The lowest BCUT2D eigenvalue weighted by Gasteiger charge is -2.20. The largest absolute Gasteiger partial charge is 0.467 e. The number of benzene rings is 2. The molecule has 2 aromatic rings. The highest BCUT2D eigenvalue weighted by Gasteiger charge is 2.33. The van der Waals surface area contributed by atoms with Gasteiger partial charge in [-0.05, 0) is 12.1 Å². The van der Waals surface area contributed by atoms with Gasteiger partial charge in [0.2, 0.25) is 0 Å². The molecule has 1 aliphatic rings. The quantitative estimate of drug-likeness (QED) is 0.346. The van der Waals surface area contributed by atoms with Gasteiger partial charge in [0, 0.05) is 29.0 Å². The Kier molecular flexibility index (Phi) is 5.75. The summed E-state index contributed by atoms with van der Waals surface area (Å²) in [6.07, 6.45) is -4.56. The van der Waals surface area contributed by atoms with Gasteiger partial charge >= 0.3 is 6.18 Å². The summed E-state index contributed by atoms with van der Waals surface area (Å²) in [5.41, 5.74) is 5.46. The number of hydrogen-bond donors (Lipinski definition) is 1. The van der Waals surface area contributed by atoms with Crippen molar-refractivity contribution in [3.63, 3.8) is 0 Å². The van der Waals surface area contributed by atoms with Crippen LogP contribution in [0.3, 0.4) is 0 Å². The molecule has 1 heterocycles. The van der Waals surface area contributed by atoms with Gasteiger partial charge in [0.15, 0.2) is 12.0 Å². The average molecular weight is 413 g/mol. The normalized spacial score (nSPS) is 14.3. The van der Waals surface area contributed by atoms with E-state index in [1.165, 1.54) is 30.3 Å². The maximum absolute atomic E-state index is 13.0. The highest BCUT2D eigenvalue weighted by Crippen LogP contribution is 2.37. The van der Waals surface area contributed by atoms with E-state index in [0.717, 1.165) is 17.8 Å². The molecule has 2 N–H and O–H groups in total. The number of halogens is 3. The number of fused-ring (bicyclic) bond motifs is 1. The zero-order valence-corrected chi connectivity index (χ0v) is 15.0. The second kappa shape index (κ2) is 8.07. The van der Waals surface area contributed by atoms with E-state index >= 15 is 0 Å². The zero-order valence-electron chi connectivity index (χ0n) is 14.2. The molecule has 0 aliphatic carbocycles. The Bertz CT molecular complexity index is 934. The molecule has 1 aliphatic heterocycles. The van der Waals surface area contributed by atoms with Gasteiger partial charge in [-0.25, -0.2) is 4.99 Å². The van der Waals surface area contributed by atoms with Crippen molar-refractivity contribution in [1.82, 2.24) is 0 Å². The number of nitro benzene ring substituents is 1. The zero-order chi connectivity index (χ0) is 20.3. The first-order valence-electron chi connectivity index (χ1n) is 7.89. The van der Waals surface area contributed by atoms with Crippen molar-refractivity contribution >= 4 is 28.3 Å². The fourth-order valence-corrected chi connectivity index (χ4v) is 3.29. The number of para-hydroxylation sites is 1. The van der Waals surface area contributed by atoms with Gasteiger partial charge in [-0.2, -0.15) is 13.2 Å². The van der Waals surface area contributed by atoms with Crippen LogP contribution in [0.25, 0.3) is 0 Å². The number of ether oxygens (including phenoxy) is 2. The van der Waals surface area contributed by atoms with Crippen LogP contribution < -0.4 is 10.5 Å². The van der Waals surface area contributed by atoms with Gasteiger partial charge in [-0.15, -0.1) is 0 Å². The van der Waals surface area contributed by atoms with E-state index in [-0.39, 0.29) is 35.7 Å². The lowest BCUT2D eigenvalue weighted by atomic mass is 10.1. The SMILES string of the molecule is NC(=Nc1ccccc1C(F)(F)F)SCc1cc([N+](=O)[O-])cc2c1OCOC2. The van der Waals surface area contributed by atoms with Gasteiger partial charge in [0.1, 0.15) is 5.75 Å². The Morgan fingerprint density at radius 2 is 2.07 bits per heavy atom. The van der Waals surface area contributed by atoms with Crippen molar-refractivity contribution in [2.75, 3.05) is 6.79 Å². The molecule has 11 heteroatoms. The van der Waals surface area contributed by atoms with E-state index in [4.69, 9.17) is 15.2 Å². The molecule has 0 saturated heterocycles. The summed E-state index contributed by atoms with van der Waals surface area (Å²) < 4.78 is 49.7. The minimum absolute atomic E-state index is 0.00497. The van der Waals surface area contributed by atoms with Crippen LogP contribution in [0.1, 0.15) is 16.7 Å². The third-order valence-electron chi connectivity index (χ3n) is 3.80. The highest BCUT2D eigenvalue weighted by atomic mass is 32.2. The van der Waals surface area contributed by atoms with Gasteiger partial charge in [-0.3, -0.25) is 10.1 Å². The molecule has 0 atom stereocenters. The van der Waals surface area contributed by atoms with E-state index in [9.17, 15) is 23.3 Å². The molecular formula is C17H14F3N3O4S. The third kappa shape index (κ3) is 4.54. The van der Waals surface area contributed by atoms with E-state index in [1.54, 1.807) is 0 Å². The molecule has 28 heavy (non-hydrogen) atoms. The molecule has 0 fully saturated rings. The number of rotatable bonds is 4. The number of thioether (sulfide) groups is 1. The lowest BCUT2D eigenvalue weighted by Crippen LogP contribution is -2.14. The maximum atomic E-state index is 13.0. The third-order valence-corrected chi connectivity index (χ3v) is 4.64. The summed E-state index contributed by atoms with van der Waals surface area (Å²) in [6, 6.07) is 7.53. The van der Waals surface area contributed by atoms with Crippen LogP contribution in [0, 0.1) is 10.1 Å². The molecule has 2 aromatic carbocycles. The standard InChI is InChI=1S/C17H14F3N3O4S/c18-17(19,20)13-3-1-2-4-14(13)22-16(21)28-8-11-6-12(23(24)25)5-10-7-26-9-27-15(10)11/h1-6H,7-9H2,(H2,21,22). The molecule has 0 spiro atoms. The lowest BCUT2D eigenvalue weighted by molar-refractivity contribution is -0.385. The van der Waals surface area contributed by atoms with Crippen LogP contribution in [0.15, 0.2) is 41.4 Å².